The van der Waals surface area contributed by atoms with Crippen LogP contribution in [0.2, 0.25) is 0 Å². The lowest BCUT2D eigenvalue weighted by Crippen LogP contribution is -2.36. The molecule has 1 saturated heterocycles. The Hall–Kier alpha value is -7.03. The van der Waals surface area contributed by atoms with Gasteiger partial charge in [0.15, 0.2) is 0 Å². The molecule has 1 aliphatic carbocycles. The van der Waals surface area contributed by atoms with Crippen molar-refractivity contribution in [1.29, 1.82) is 5.26 Å². The first-order chi connectivity index (χ1) is 28.6. The molecule has 4 heteroatoms. The van der Waals surface area contributed by atoms with Crippen molar-refractivity contribution < 1.29 is 0 Å². The van der Waals surface area contributed by atoms with Gasteiger partial charge in [0, 0.05) is 24.3 Å². The van der Waals surface area contributed by atoms with Gasteiger partial charge in [-0.1, -0.05) is 152 Å². The zero-order chi connectivity index (χ0) is 38.8. The van der Waals surface area contributed by atoms with E-state index in [1.165, 1.54) is 33.4 Å². The van der Waals surface area contributed by atoms with Crippen molar-refractivity contribution in [2.45, 2.75) is 30.1 Å². The number of nitrogens with two attached hydrogens (primary N) is 1. The van der Waals surface area contributed by atoms with Gasteiger partial charge in [-0.15, -0.1) is 0 Å². The third-order valence-corrected chi connectivity index (χ3v) is 12.7. The summed E-state index contributed by atoms with van der Waals surface area (Å²) in [6.45, 7) is 0.851. The van der Waals surface area contributed by atoms with Gasteiger partial charge >= 0.3 is 0 Å². The lowest BCUT2D eigenvalue weighted by atomic mass is 9.64. The van der Waals surface area contributed by atoms with Crippen LogP contribution in [0.25, 0.3) is 22.3 Å². The second kappa shape index (κ2) is 13.6. The maximum Gasteiger partial charge on any atom is 0.0991 e. The molecule has 2 aliphatic heterocycles. The van der Waals surface area contributed by atoms with Crippen LogP contribution in [0.4, 0.5) is 17.1 Å². The average molecular weight is 745 g/mol. The van der Waals surface area contributed by atoms with Gasteiger partial charge in [0.25, 0.3) is 0 Å². The molecule has 8 aromatic rings. The van der Waals surface area contributed by atoms with Crippen molar-refractivity contribution in [1.82, 2.24) is 4.90 Å². The van der Waals surface area contributed by atoms with Gasteiger partial charge in [0.1, 0.15) is 0 Å². The Morgan fingerprint density at radius 2 is 1.14 bits per heavy atom. The maximum atomic E-state index is 10.3. The fraction of sp³-hybridized carbons (Fsp3) is 0.0926. The number of rotatable bonds is 7. The third kappa shape index (κ3) is 5.22. The molecule has 0 radical (unpaired) electrons. The van der Waals surface area contributed by atoms with Gasteiger partial charge < -0.3 is 10.6 Å². The molecule has 4 unspecified atom stereocenters. The van der Waals surface area contributed by atoms with E-state index in [0.29, 0.717) is 5.56 Å². The molecule has 58 heavy (non-hydrogen) atoms. The number of hydrogen-bond acceptors (Lipinski definition) is 4. The number of nitrogens with zero attached hydrogens (tertiary/aromatic N) is 3. The van der Waals surface area contributed by atoms with Crippen LogP contribution < -0.4 is 10.6 Å². The Morgan fingerprint density at radius 3 is 1.83 bits per heavy atom. The minimum Gasteiger partial charge on any atom is -0.323 e. The molecule has 276 valence electrons. The number of para-hydroxylation sites is 3. The number of anilines is 3. The summed E-state index contributed by atoms with van der Waals surface area (Å²) in [5.41, 5.74) is 23.8. The molecule has 3 aliphatic rings. The van der Waals surface area contributed by atoms with E-state index in [2.05, 4.69) is 210 Å². The van der Waals surface area contributed by atoms with Crippen LogP contribution >= 0.6 is 0 Å². The van der Waals surface area contributed by atoms with Gasteiger partial charge in [-0.2, -0.15) is 5.26 Å². The van der Waals surface area contributed by atoms with E-state index in [1.54, 1.807) is 0 Å². The molecule has 0 saturated carbocycles. The van der Waals surface area contributed by atoms with E-state index >= 15 is 0 Å². The van der Waals surface area contributed by atoms with E-state index in [-0.39, 0.29) is 18.1 Å². The first-order valence-electron chi connectivity index (χ1n) is 20.1. The molecule has 11 rings (SSSR count). The fourth-order valence-electron chi connectivity index (χ4n) is 10.1. The molecule has 0 bridgehead atoms. The van der Waals surface area contributed by atoms with Crippen molar-refractivity contribution in [2.24, 2.45) is 5.73 Å². The highest BCUT2D eigenvalue weighted by atomic mass is 15.4. The molecule has 0 aromatic heterocycles. The van der Waals surface area contributed by atoms with E-state index in [0.717, 1.165) is 51.4 Å². The predicted octanol–water partition coefficient (Wildman–Crippen LogP) is 12.0. The smallest absolute Gasteiger partial charge is 0.0991 e. The van der Waals surface area contributed by atoms with E-state index in [1.807, 2.05) is 6.07 Å². The van der Waals surface area contributed by atoms with Crippen molar-refractivity contribution in [3.05, 3.63) is 245 Å². The van der Waals surface area contributed by atoms with Gasteiger partial charge in [-0.25, -0.2) is 0 Å². The van der Waals surface area contributed by atoms with Crippen molar-refractivity contribution in [3.8, 4) is 28.3 Å². The summed E-state index contributed by atoms with van der Waals surface area (Å²) in [4.78, 5) is 4.92. The highest BCUT2D eigenvalue weighted by Gasteiger charge is 2.53. The number of hydrogen-bond donors (Lipinski definition) is 1. The molecule has 1 fully saturated rings. The second-order valence-electron chi connectivity index (χ2n) is 15.7. The summed E-state index contributed by atoms with van der Waals surface area (Å²) in [6.07, 6.45) is 0. The van der Waals surface area contributed by atoms with Crippen LogP contribution in [0.15, 0.2) is 200 Å². The van der Waals surface area contributed by atoms with E-state index in [4.69, 9.17) is 5.73 Å². The molecule has 2 N–H and O–H groups in total. The van der Waals surface area contributed by atoms with Gasteiger partial charge in [-0.3, -0.25) is 4.90 Å². The molecular formula is C54H40N4. The van der Waals surface area contributed by atoms with E-state index in [9.17, 15) is 5.26 Å². The second-order valence-corrected chi connectivity index (χ2v) is 15.7. The Balaban J connectivity index is 1.05. The Labute approximate surface area is 339 Å². The van der Waals surface area contributed by atoms with Gasteiger partial charge in [-0.05, 0) is 110 Å². The molecule has 4 nitrogen and oxygen atoms in total. The summed E-state index contributed by atoms with van der Waals surface area (Å²) >= 11 is 0. The molecular weight excluding hydrogens is 705 g/mol. The molecule has 8 aromatic carbocycles. The summed E-state index contributed by atoms with van der Waals surface area (Å²) in [6, 6.07) is 74.5. The van der Waals surface area contributed by atoms with Gasteiger partial charge in [0.2, 0.25) is 0 Å². The Morgan fingerprint density at radius 1 is 0.552 bits per heavy atom. The van der Waals surface area contributed by atoms with Crippen LogP contribution in [0.1, 0.15) is 56.6 Å². The Kier molecular flexibility index (Phi) is 8.01. The Bertz CT molecular complexity index is 2830. The molecule has 0 amide bonds. The summed E-state index contributed by atoms with van der Waals surface area (Å²) in [5, 5.41) is 10.3. The topological polar surface area (TPSA) is 56.1 Å². The van der Waals surface area contributed by atoms with Crippen LogP contribution in [-0.4, -0.2) is 10.9 Å². The van der Waals surface area contributed by atoms with Crippen LogP contribution in [0.5, 0.6) is 0 Å². The summed E-state index contributed by atoms with van der Waals surface area (Å²) < 4.78 is 0. The minimum atomic E-state index is -0.658. The van der Waals surface area contributed by atoms with Crippen LogP contribution in [0.3, 0.4) is 0 Å². The molecule has 1 spiro atoms. The molecule has 2 heterocycles. The van der Waals surface area contributed by atoms with Crippen LogP contribution in [0, 0.1) is 11.3 Å². The number of nitriles is 1. The first kappa shape index (κ1) is 34.2. The summed E-state index contributed by atoms with van der Waals surface area (Å²) in [5.74, 6) is 0. The maximum absolute atomic E-state index is 10.3. The van der Waals surface area contributed by atoms with Crippen molar-refractivity contribution >= 4 is 17.1 Å². The standard InChI is InChI=1S/C54H40N4/c55-34-37-27-29-43-44-30-28-40(39-19-14-20-41(32-39)51(56)53-52(38-17-6-2-7-18-38)57(53)35-36-15-4-1-5-16-36)33-48(44)54(47(43)31-37)45-23-10-12-25-49(45)58(42-21-8-3-9-22-42)50-26-13-11-24-46(50)54/h1-33,51-53H,35,56H2. The minimum absolute atomic E-state index is 0.174. The number of fused-ring (bicyclic) bond motifs is 9. The lowest BCUT2D eigenvalue weighted by Gasteiger charge is -2.45. The zero-order valence-corrected chi connectivity index (χ0v) is 31.9. The average Bonchev–Trinajstić information content (AvgIpc) is 3.93. The first-order valence-corrected chi connectivity index (χ1v) is 20.1. The molecule has 4 atom stereocenters. The monoisotopic (exact) mass is 744 g/mol. The zero-order valence-electron chi connectivity index (χ0n) is 31.9. The number of benzene rings is 8. The third-order valence-electron chi connectivity index (χ3n) is 12.7. The quantitative estimate of drug-likeness (QED) is 0.165. The lowest BCUT2D eigenvalue weighted by molar-refractivity contribution is 0.450. The van der Waals surface area contributed by atoms with Crippen LogP contribution in [-0.2, 0) is 12.0 Å². The van der Waals surface area contributed by atoms with Crippen molar-refractivity contribution in [3.63, 3.8) is 0 Å². The highest BCUT2D eigenvalue weighted by molar-refractivity contribution is 5.96. The predicted molar refractivity (Wildman–Crippen MR) is 234 cm³/mol. The largest absolute Gasteiger partial charge is 0.323 e. The highest BCUT2D eigenvalue weighted by Crippen LogP contribution is 2.64. The van der Waals surface area contributed by atoms with E-state index < -0.39 is 5.41 Å². The van der Waals surface area contributed by atoms with Crippen molar-refractivity contribution in [2.75, 3.05) is 4.90 Å². The normalized spacial score (nSPS) is 18.3. The SMILES string of the molecule is N#Cc1ccc2c(c1)C1(c3cc(-c4cccc(C(N)C5C(c6ccccc6)N5Cc5ccccc5)c4)ccc3-2)c2ccccc2N(c2ccccc2)c2ccccc21. The van der Waals surface area contributed by atoms with Gasteiger partial charge in [0.05, 0.1) is 34.5 Å². The summed E-state index contributed by atoms with van der Waals surface area (Å²) in [7, 11) is 0. The fourth-order valence-corrected chi connectivity index (χ4v) is 10.1.